The topological polar surface area (TPSA) is 58.6 Å². The number of amides is 2. The fourth-order valence-electron chi connectivity index (χ4n) is 3.99. The highest BCUT2D eigenvalue weighted by Crippen LogP contribution is 2.26. The molecule has 4 rings (SSSR count). The van der Waals surface area contributed by atoms with Crippen molar-refractivity contribution in [2.45, 2.75) is 17.7 Å². The molecule has 0 unspecified atom stereocenters. The van der Waals surface area contributed by atoms with Crippen LogP contribution in [-0.4, -0.2) is 43.2 Å². The molecule has 1 atom stereocenters. The van der Waals surface area contributed by atoms with Gasteiger partial charge >= 0.3 is 6.03 Å². The quantitative estimate of drug-likeness (QED) is 0.414. The molecule has 0 bridgehead atoms. The first-order valence-corrected chi connectivity index (χ1v) is 11.6. The van der Waals surface area contributed by atoms with E-state index in [0.29, 0.717) is 18.7 Å². The minimum absolute atomic E-state index is 0.0968. The predicted molar refractivity (Wildman–Crippen MR) is 126 cm³/mol. The van der Waals surface area contributed by atoms with Crippen LogP contribution in [0.15, 0.2) is 65.6 Å². The van der Waals surface area contributed by atoms with Crippen LogP contribution in [0.1, 0.15) is 23.2 Å². The maximum Gasteiger partial charge on any atom is 0.321 e. The summed E-state index contributed by atoms with van der Waals surface area (Å²) in [5.41, 5.74) is 1.46. The number of methoxy groups -OCH3 is 1. The Morgan fingerprint density at radius 1 is 1.03 bits per heavy atom. The van der Waals surface area contributed by atoms with Crippen LogP contribution in [0, 0.1) is 5.92 Å². The lowest BCUT2D eigenvalue weighted by Crippen LogP contribution is -2.44. The molecule has 0 radical (unpaired) electrons. The Hall–Kier alpha value is -2.99. The Labute approximate surface area is 186 Å². The molecule has 1 N–H and O–H groups in total. The van der Waals surface area contributed by atoms with Gasteiger partial charge in [-0.15, -0.1) is 11.8 Å². The Morgan fingerprint density at radius 2 is 1.77 bits per heavy atom. The van der Waals surface area contributed by atoms with Crippen molar-refractivity contribution in [2.24, 2.45) is 5.92 Å². The van der Waals surface area contributed by atoms with E-state index in [1.54, 1.807) is 23.8 Å². The summed E-state index contributed by atoms with van der Waals surface area (Å²) < 4.78 is 5.27. The number of benzene rings is 3. The van der Waals surface area contributed by atoms with E-state index in [1.165, 1.54) is 0 Å². The van der Waals surface area contributed by atoms with Gasteiger partial charge in [0.25, 0.3) is 0 Å². The Bertz CT molecular complexity index is 1100. The molecule has 1 heterocycles. The maximum absolute atomic E-state index is 13.2. The van der Waals surface area contributed by atoms with Gasteiger partial charge in [0.15, 0.2) is 5.78 Å². The van der Waals surface area contributed by atoms with Crippen LogP contribution in [0.2, 0.25) is 0 Å². The lowest BCUT2D eigenvalue weighted by Gasteiger charge is -2.32. The number of nitrogens with one attached hydrogen (secondary N) is 1. The van der Waals surface area contributed by atoms with Crippen molar-refractivity contribution in [3.05, 3.63) is 66.2 Å². The number of nitrogens with zero attached hydrogens (tertiary/aromatic N) is 1. The number of piperidine rings is 1. The van der Waals surface area contributed by atoms with Crippen LogP contribution in [0.3, 0.4) is 0 Å². The molecule has 0 aliphatic carbocycles. The number of Topliss-reactive ketones (excluding diaryl/α,β-unsaturated/α-hetero) is 1. The highest BCUT2D eigenvalue weighted by Gasteiger charge is 2.29. The number of anilines is 1. The summed E-state index contributed by atoms with van der Waals surface area (Å²) in [4.78, 5) is 28.8. The van der Waals surface area contributed by atoms with Gasteiger partial charge in [-0.1, -0.05) is 18.2 Å². The van der Waals surface area contributed by atoms with Crippen molar-refractivity contribution in [3.63, 3.8) is 0 Å². The number of ether oxygens (including phenoxy) is 1. The molecule has 0 saturated carbocycles. The zero-order valence-corrected chi connectivity index (χ0v) is 18.6. The zero-order chi connectivity index (χ0) is 21.8. The van der Waals surface area contributed by atoms with Crippen LogP contribution in [0.5, 0.6) is 5.75 Å². The van der Waals surface area contributed by atoms with E-state index in [0.717, 1.165) is 39.9 Å². The second-order valence-corrected chi connectivity index (χ2v) is 8.62. The summed E-state index contributed by atoms with van der Waals surface area (Å²) in [7, 11) is 1.64. The summed E-state index contributed by atoms with van der Waals surface area (Å²) in [6.45, 7) is 1.10. The first-order chi connectivity index (χ1) is 15.1. The monoisotopic (exact) mass is 434 g/mol. The number of hydrogen-bond donors (Lipinski definition) is 1. The van der Waals surface area contributed by atoms with Gasteiger partial charge in [-0.3, -0.25) is 4.79 Å². The molecule has 2 amide bonds. The number of carbonyl (C=O) groups excluding carboxylic acids is 2. The Balaban J connectivity index is 1.44. The number of urea groups is 1. The van der Waals surface area contributed by atoms with Crippen molar-refractivity contribution < 1.29 is 14.3 Å². The molecule has 1 aliphatic rings. The van der Waals surface area contributed by atoms with Crippen molar-refractivity contribution in [1.82, 2.24) is 4.90 Å². The zero-order valence-electron chi connectivity index (χ0n) is 17.8. The van der Waals surface area contributed by atoms with E-state index in [-0.39, 0.29) is 17.7 Å². The van der Waals surface area contributed by atoms with Crippen LogP contribution < -0.4 is 10.1 Å². The molecule has 6 heteroatoms. The fourth-order valence-corrected chi connectivity index (χ4v) is 4.40. The number of ketones is 1. The van der Waals surface area contributed by atoms with Gasteiger partial charge in [-0.25, -0.2) is 4.79 Å². The minimum Gasteiger partial charge on any atom is -0.497 e. The van der Waals surface area contributed by atoms with E-state index in [4.69, 9.17) is 4.74 Å². The standard InChI is InChI=1S/C25H26N2O3S/c1-30-22-10-7-17-14-19(6-5-18(17)15-22)24(28)20-4-3-13-27(16-20)25(29)26-21-8-11-23(31-2)12-9-21/h5-12,14-15,20H,3-4,13,16H2,1-2H3,(H,26,29)/t20-/m0/s1. The number of likely N-dealkylation sites (tertiary alicyclic amines) is 1. The molecule has 0 aromatic heterocycles. The number of carbonyl (C=O) groups is 2. The number of thioether (sulfide) groups is 1. The summed E-state index contributed by atoms with van der Waals surface area (Å²) >= 11 is 1.66. The molecule has 160 valence electrons. The smallest absolute Gasteiger partial charge is 0.321 e. The van der Waals surface area contributed by atoms with Gasteiger partial charge in [-0.05, 0) is 72.3 Å². The Kier molecular flexibility index (Phi) is 6.47. The lowest BCUT2D eigenvalue weighted by atomic mass is 9.89. The highest BCUT2D eigenvalue weighted by atomic mass is 32.2. The van der Waals surface area contributed by atoms with Crippen molar-refractivity contribution in [1.29, 1.82) is 0 Å². The third-order valence-corrected chi connectivity index (χ3v) is 6.50. The third kappa shape index (κ3) is 4.85. The molecule has 5 nitrogen and oxygen atoms in total. The molecular formula is C25H26N2O3S. The average Bonchev–Trinajstić information content (AvgIpc) is 2.83. The molecule has 0 spiro atoms. The van der Waals surface area contributed by atoms with Crippen LogP contribution in [-0.2, 0) is 0 Å². The van der Waals surface area contributed by atoms with Gasteiger partial charge in [0.1, 0.15) is 5.75 Å². The first kappa shape index (κ1) is 21.2. The molecule has 1 fully saturated rings. The minimum atomic E-state index is -0.186. The average molecular weight is 435 g/mol. The predicted octanol–water partition coefficient (Wildman–Crippen LogP) is 5.70. The second kappa shape index (κ2) is 9.43. The van der Waals surface area contributed by atoms with Gasteiger partial charge in [0, 0.05) is 35.2 Å². The van der Waals surface area contributed by atoms with E-state index >= 15 is 0 Å². The summed E-state index contributed by atoms with van der Waals surface area (Å²) in [5.74, 6) is 0.706. The molecule has 3 aromatic rings. The van der Waals surface area contributed by atoms with Gasteiger partial charge in [-0.2, -0.15) is 0 Å². The van der Waals surface area contributed by atoms with Crippen LogP contribution >= 0.6 is 11.8 Å². The van der Waals surface area contributed by atoms with E-state index in [9.17, 15) is 9.59 Å². The maximum atomic E-state index is 13.2. The number of fused-ring (bicyclic) bond motifs is 1. The lowest BCUT2D eigenvalue weighted by molar-refractivity contribution is 0.0851. The largest absolute Gasteiger partial charge is 0.497 e. The normalized spacial score (nSPS) is 16.2. The van der Waals surface area contributed by atoms with Crippen LogP contribution in [0.4, 0.5) is 10.5 Å². The highest BCUT2D eigenvalue weighted by molar-refractivity contribution is 7.98. The first-order valence-electron chi connectivity index (χ1n) is 10.4. The summed E-state index contributed by atoms with van der Waals surface area (Å²) in [5, 5.41) is 4.99. The Morgan fingerprint density at radius 3 is 2.52 bits per heavy atom. The van der Waals surface area contributed by atoms with Crippen molar-refractivity contribution in [3.8, 4) is 5.75 Å². The van der Waals surface area contributed by atoms with E-state index in [2.05, 4.69) is 5.32 Å². The van der Waals surface area contributed by atoms with Crippen molar-refractivity contribution >= 4 is 40.0 Å². The molecule has 31 heavy (non-hydrogen) atoms. The SMILES string of the molecule is COc1ccc2cc(C(=O)[C@H]3CCCN(C(=O)Nc4ccc(SC)cc4)C3)ccc2c1. The number of rotatable bonds is 5. The molecule has 3 aromatic carbocycles. The second-order valence-electron chi connectivity index (χ2n) is 7.74. The summed E-state index contributed by atoms with van der Waals surface area (Å²) in [6.07, 6.45) is 3.64. The van der Waals surface area contributed by atoms with Crippen molar-refractivity contribution in [2.75, 3.05) is 31.8 Å². The molecular weight excluding hydrogens is 408 g/mol. The molecule has 1 aliphatic heterocycles. The van der Waals surface area contributed by atoms with E-state index in [1.807, 2.05) is 66.9 Å². The van der Waals surface area contributed by atoms with Gasteiger partial charge < -0.3 is 15.0 Å². The van der Waals surface area contributed by atoms with E-state index < -0.39 is 0 Å². The summed E-state index contributed by atoms with van der Waals surface area (Å²) in [6, 6.07) is 19.2. The third-order valence-electron chi connectivity index (χ3n) is 5.75. The number of hydrogen-bond acceptors (Lipinski definition) is 4. The van der Waals surface area contributed by atoms with Gasteiger partial charge in [0.2, 0.25) is 0 Å². The fraction of sp³-hybridized carbons (Fsp3) is 0.280. The molecule has 1 saturated heterocycles. The van der Waals surface area contributed by atoms with Crippen LogP contribution in [0.25, 0.3) is 10.8 Å². The van der Waals surface area contributed by atoms with Gasteiger partial charge in [0.05, 0.1) is 7.11 Å².